The minimum atomic E-state index is -0.483. The van der Waals surface area contributed by atoms with Gasteiger partial charge in [0.15, 0.2) is 5.13 Å². The van der Waals surface area contributed by atoms with Crippen LogP contribution in [0.2, 0.25) is 0 Å². The van der Waals surface area contributed by atoms with Gasteiger partial charge in [-0.05, 0) is 45.4 Å². The molecule has 142 valence electrons. The SMILES string of the molecule is CCC(C)Oc1ccc(C(N)=O)cc1Nc1nc(-c2sc(C)nc2C)cs1. The summed E-state index contributed by atoms with van der Waals surface area (Å²) in [6, 6.07) is 5.13. The van der Waals surface area contributed by atoms with Crippen molar-refractivity contribution in [2.24, 2.45) is 5.73 Å². The molecule has 27 heavy (non-hydrogen) atoms. The molecule has 3 N–H and O–H groups in total. The average Bonchev–Trinajstić information content (AvgIpc) is 3.21. The fraction of sp³-hybridized carbons (Fsp3) is 0.316. The molecule has 2 aromatic heterocycles. The molecule has 0 spiro atoms. The Kier molecular flexibility index (Phi) is 5.76. The lowest BCUT2D eigenvalue weighted by atomic mass is 10.1. The highest BCUT2D eigenvalue weighted by Crippen LogP contribution is 2.35. The Hall–Kier alpha value is -2.45. The third kappa shape index (κ3) is 4.45. The van der Waals surface area contributed by atoms with E-state index >= 15 is 0 Å². The summed E-state index contributed by atoms with van der Waals surface area (Å²) >= 11 is 3.12. The first-order chi connectivity index (χ1) is 12.9. The lowest BCUT2D eigenvalue weighted by molar-refractivity contribution is 0.100. The molecule has 8 heteroatoms. The van der Waals surface area contributed by atoms with Gasteiger partial charge in [-0.1, -0.05) is 6.92 Å². The minimum absolute atomic E-state index is 0.0552. The summed E-state index contributed by atoms with van der Waals surface area (Å²) in [5, 5.41) is 7.00. The van der Waals surface area contributed by atoms with E-state index in [9.17, 15) is 4.79 Å². The van der Waals surface area contributed by atoms with Crippen molar-refractivity contribution in [1.82, 2.24) is 9.97 Å². The van der Waals surface area contributed by atoms with Gasteiger partial charge >= 0.3 is 0 Å². The molecule has 3 rings (SSSR count). The van der Waals surface area contributed by atoms with Crippen LogP contribution >= 0.6 is 22.7 Å². The maximum Gasteiger partial charge on any atom is 0.248 e. The standard InChI is InChI=1S/C19H22N4O2S2/c1-5-10(2)25-16-7-6-13(18(20)24)8-14(16)22-19-23-15(9-26-19)17-11(3)21-12(4)27-17/h6-10H,5H2,1-4H3,(H2,20,24)(H,22,23). The molecule has 0 aliphatic carbocycles. The second kappa shape index (κ2) is 8.06. The van der Waals surface area contributed by atoms with Crippen LogP contribution in [0.1, 0.15) is 41.3 Å². The average molecular weight is 403 g/mol. The smallest absolute Gasteiger partial charge is 0.248 e. The topological polar surface area (TPSA) is 90.1 Å². The Morgan fingerprint density at radius 2 is 2.11 bits per heavy atom. The summed E-state index contributed by atoms with van der Waals surface area (Å²) in [4.78, 5) is 21.8. The van der Waals surface area contributed by atoms with Crippen molar-refractivity contribution >= 4 is 39.4 Å². The van der Waals surface area contributed by atoms with Gasteiger partial charge in [0, 0.05) is 10.9 Å². The molecule has 1 unspecified atom stereocenters. The van der Waals surface area contributed by atoms with Gasteiger partial charge < -0.3 is 15.8 Å². The number of hydrogen-bond donors (Lipinski definition) is 2. The molecule has 0 saturated heterocycles. The second-order valence-electron chi connectivity index (χ2n) is 6.22. The molecule has 0 saturated carbocycles. The lowest BCUT2D eigenvalue weighted by Gasteiger charge is -2.17. The van der Waals surface area contributed by atoms with E-state index < -0.39 is 5.91 Å². The zero-order valence-corrected chi connectivity index (χ0v) is 17.3. The van der Waals surface area contributed by atoms with Crippen molar-refractivity contribution in [3.05, 3.63) is 39.8 Å². The molecule has 0 aliphatic rings. The molecule has 3 aromatic rings. The Bertz CT molecular complexity index is 965. The molecule has 0 bridgehead atoms. The molecule has 2 heterocycles. The molecular formula is C19H22N4O2S2. The number of carbonyl (C=O) groups excluding carboxylic acids is 1. The number of nitrogens with zero attached hydrogens (tertiary/aromatic N) is 2. The Labute approximate surface area is 166 Å². The normalized spacial score (nSPS) is 12.0. The first kappa shape index (κ1) is 19.3. The van der Waals surface area contributed by atoms with E-state index in [2.05, 4.69) is 22.2 Å². The molecule has 0 aliphatic heterocycles. The summed E-state index contributed by atoms with van der Waals surface area (Å²) in [6.07, 6.45) is 0.933. The molecular weight excluding hydrogens is 380 g/mol. The van der Waals surface area contributed by atoms with Crippen LogP contribution in [0.5, 0.6) is 5.75 Å². The number of primary amides is 1. The Morgan fingerprint density at radius 1 is 1.33 bits per heavy atom. The van der Waals surface area contributed by atoms with Gasteiger partial charge in [-0.2, -0.15) is 0 Å². The molecule has 0 fully saturated rings. The highest BCUT2D eigenvalue weighted by atomic mass is 32.1. The van der Waals surface area contributed by atoms with Crippen molar-refractivity contribution in [3.63, 3.8) is 0 Å². The second-order valence-corrected chi connectivity index (χ2v) is 8.28. The van der Waals surface area contributed by atoms with Crippen molar-refractivity contribution in [3.8, 4) is 16.3 Å². The zero-order chi connectivity index (χ0) is 19.6. The van der Waals surface area contributed by atoms with Gasteiger partial charge in [0.05, 0.1) is 33.1 Å². The van der Waals surface area contributed by atoms with E-state index in [1.54, 1.807) is 29.5 Å². The van der Waals surface area contributed by atoms with E-state index in [0.717, 1.165) is 27.7 Å². The van der Waals surface area contributed by atoms with E-state index in [-0.39, 0.29) is 6.10 Å². The van der Waals surface area contributed by atoms with Gasteiger partial charge in [0.25, 0.3) is 0 Å². The van der Waals surface area contributed by atoms with Crippen molar-refractivity contribution in [1.29, 1.82) is 0 Å². The van der Waals surface area contributed by atoms with Crippen molar-refractivity contribution in [2.45, 2.75) is 40.2 Å². The van der Waals surface area contributed by atoms with E-state index in [1.165, 1.54) is 11.3 Å². The molecule has 6 nitrogen and oxygen atoms in total. The number of amides is 1. The summed E-state index contributed by atoms with van der Waals surface area (Å²) < 4.78 is 5.97. The number of nitrogens with two attached hydrogens (primary N) is 1. The predicted octanol–water partition coefficient (Wildman–Crippen LogP) is 4.90. The number of hydrogen-bond acceptors (Lipinski definition) is 7. The summed E-state index contributed by atoms with van der Waals surface area (Å²) in [5.74, 6) is 0.180. The number of thiazole rings is 2. The maximum absolute atomic E-state index is 11.6. The number of carbonyl (C=O) groups is 1. The largest absolute Gasteiger partial charge is 0.489 e. The summed E-state index contributed by atoms with van der Waals surface area (Å²) in [5.41, 5.74) is 8.38. The first-order valence-corrected chi connectivity index (χ1v) is 10.3. The Morgan fingerprint density at radius 3 is 2.74 bits per heavy atom. The van der Waals surface area contributed by atoms with E-state index in [0.29, 0.717) is 22.1 Å². The lowest BCUT2D eigenvalue weighted by Crippen LogP contribution is -2.13. The highest BCUT2D eigenvalue weighted by molar-refractivity contribution is 7.16. The van der Waals surface area contributed by atoms with E-state index in [4.69, 9.17) is 10.5 Å². The van der Waals surface area contributed by atoms with Gasteiger partial charge in [0.1, 0.15) is 5.75 Å². The molecule has 0 radical (unpaired) electrons. The van der Waals surface area contributed by atoms with Gasteiger partial charge in [-0.3, -0.25) is 4.79 Å². The third-order valence-corrected chi connectivity index (χ3v) is 5.90. The maximum atomic E-state index is 11.6. The van der Waals surface area contributed by atoms with Crippen LogP contribution in [0.3, 0.4) is 0 Å². The van der Waals surface area contributed by atoms with Crippen LogP contribution in [-0.4, -0.2) is 22.0 Å². The zero-order valence-electron chi connectivity index (χ0n) is 15.7. The summed E-state index contributed by atoms with van der Waals surface area (Å²) in [6.45, 7) is 8.03. The molecule has 1 atom stereocenters. The third-order valence-electron chi connectivity index (χ3n) is 4.05. The number of aromatic nitrogens is 2. The number of aryl methyl sites for hydroxylation is 2. The van der Waals surface area contributed by atoms with Gasteiger partial charge in [0.2, 0.25) is 5.91 Å². The molecule has 1 aromatic carbocycles. The van der Waals surface area contributed by atoms with Crippen LogP contribution < -0.4 is 15.8 Å². The Balaban J connectivity index is 1.91. The number of rotatable bonds is 7. The van der Waals surface area contributed by atoms with E-state index in [1.807, 2.05) is 26.2 Å². The van der Waals surface area contributed by atoms with Crippen LogP contribution in [-0.2, 0) is 0 Å². The van der Waals surface area contributed by atoms with Crippen molar-refractivity contribution < 1.29 is 9.53 Å². The fourth-order valence-electron chi connectivity index (χ4n) is 2.50. The minimum Gasteiger partial charge on any atom is -0.489 e. The van der Waals surface area contributed by atoms with Crippen LogP contribution in [0.25, 0.3) is 10.6 Å². The number of ether oxygens (including phenoxy) is 1. The number of anilines is 2. The van der Waals surface area contributed by atoms with Gasteiger partial charge in [-0.15, -0.1) is 22.7 Å². The number of benzene rings is 1. The van der Waals surface area contributed by atoms with Crippen molar-refractivity contribution in [2.75, 3.05) is 5.32 Å². The highest BCUT2D eigenvalue weighted by Gasteiger charge is 2.15. The van der Waals surface area contributed by atoms with Gasteiger partial charge in [-0.25, -0.2) is 9.97 Å². The monoisotopic (exact) mass is 402 g/mol. The van der Waals surface area contributed by atoms with Crippen LogP contribution in [0, 0.1) is 13.8 Å². The first-order valence-electron chi connectivity index (χ1n) is 8.64. The quantitative estimate of drug-likeness (QED) is 0.586. The summed E-state index contributed by atoms with van der Waals surface area (Å²) in [7, 11) is 0. The fourth-order valence-corrected chi connectivity index (χ4v) is 4.17. The molecule has 1 amide bonds. The number of nitrogens with one attached hydrogen (secondary N) is 1. The van der Waals surface area contributed by atoms with Crippen LogP contribution in [0.4, 0.5) is 10.8 Å². The predicted molar refractivity (Wildman–Crippen MR) is 111 cm³/mol. The van der Waals surface area contributed by atoms with Crippen LogP contribution in [0.15, 0.2) is 23.6 Å².